The average molecular weight is 335 g/mol. The molecular formula is C13H19ClN2O4S. The molecular weight excluding hydrogens is 316 g/mol. The third kappa shape index (κ3) is 5.53. The van der Waals surface area contributed by atoms with Crippen molar-refractivity contribution < 1.29 is 17.9 Å². The van der Waals surface area contributed by atoms with Gasteiger partial charge in [-0.2, -0.15) is 0 Å². The van der Waals surface area contributed by atoms with Crippen molar-refractivity contribution in [1.82, 2.24) is 4.72 Å². The molecule has 21 heavy (non-hydrogen) atoms. The van der Waals surface area contributed by atoms with Crippen molar-refractivity contribution in [3.8, 4) is 5.75 Å². The van der Waals surface area contributed by atoms with Gasteiger partial charge < -0.3 is 10.1 Å². The predicted octanol–water partition coefficient (Wildman–Crippen LogP) is 1.92. The third-order valence-corrected chi connectivity index (χ3v) is 4.62. The van der Waals surface area contributed by atoms with Crippen molar-refractivity contribution in [1.29, 1.82) is 0 Å². The van der Waals surface area contributed by atoms with E-state index in [0.717, 1.165) is 5.56 Å². The Hall–Kier alpha value is -1.31. The van der Waals surface area contributed by atoms with Gasteiger partial charge in [-0.05, 0) is 25.0 Å². The number of carbonyl (C=O) groups is 1. The molecule has 0 unspecified atom stereocenters. The van der Waals surface area contributed by atoms with Crippen LogP contribution in [0.5, 0.6) is 5.75 Å². The predicted molar refractivity (Wildman–Crippen MR) is 83.5 cm³/mol. The monoisotopic (exact) mass is 334 g/mol. The SMILES string of the molecule is CCCS(=O)(=O)NCC(=O)Nc1cc(C)c(Cl)cc1OC. The minimum Gasteiger partial charge on any atom is -0.495 e. The molecule has 118 valence electrons. The second kappa shape index (κ2) is 7.63. The van der Waals surface area contributed by atoms with Crippen molar-refractivity contribution in [2.24, 2.45) is 0 Å². The molecule has 6 nitrogen and oxygen atoms in total. The fraction of sp³-hybridized carbons (Fsp3) is 0.462. The van der Waals surface area contributed by atoms with Crippen molar-refractivity contribution >= 4 is 33.2 Å². The maximum Gasteiger partial charge on any atom is 0.239 e. The highest BCUT2D eigenvalue weighted by atomic mass is 35.5. The summed E-state index contributed by atoms with van der Waals surface area (Å²) in [6.07, 6.45) is 0.487. The van der Waals surface area contributed by atoms with Crippen LogP contribution < -0.4 is 14.8 Å². The van der Waals surface area contributed by atoms with E-state index in [0.29, 0.717) is 22.9 Å². The summed E-state index contributed by atoms with van der Waals surface area (Å²) in [7, 11) is -1.95. The number of aryl methyl sites for hydroxylation is 1. The van der Waals surface area contributed by atoms with Gasteiger partial charge in [0.2, 0.25) is 15.9 Å². The van der Waals surface area contributed by atoms with Gasteiger partial charge in [-0.1, -0.05) is 18.5 Å². The first-order valence-electron chi connectivity index (χ1n) is 6.40. The van der Waals surface area contributed by atoms with Crippen molar-refractivity contribution in [2.45, 2.75) is 20.3 Å². The maximum atomic E-state index is 11.8. The van der Waals surface area contributed by atoms with Gasteiger partial charge in [-0.3, -0.25) is 4.79 Å². The van der Waals surface area contributed by atoms with E-state index in [2.05, 4.69) is 10.0 Å². The number of methoxy groups -OCH3 is 1. The van der Waals surface area contributed by atoms with Gasteiger partial charge >= 0.3 is 0 Å². The molecule has 0 heterocycles. The lowest BCUT2D eigenvalue weighted by atomic mass is 10.2. The molecule has 0 saturated heterocycles. The highest BCUT2D eigenvalue weighted by molar-refractivity contribution is 7.89. The Labute approximate surface area is 129 Å². The molecule has 0 bridgehead atoms. The first-order chi connectivity index (χ1) is 9.79. The first-order valence-corrected chi connectivity index (χ1v) is 8.43. The maximum absolute atomic E-state index is 11.8. The van der Waals surface area contributed by atoms with Gasteiger partial charge in [0.15, 0.2) is 0 Å². The number of hydrogen-bond acceptors (Lipinski definition) is 4. The van der Waals surface area contributed by atoms with Crippen molar-refractivity contribution in [3.63, 3.8) is 0 Å². The molecule has 0 radical (unpaired) electrons. The second-order valence-electron chi connectivity index (χ2n) is 4.49. The summed E-state index contributed by atoms with van der Waals surface area (Å²) in [5, 5.41) is 3.12. The Morgan fingerprint density at radius 2 is 2.05 bits per heavy atom. The van der Waals surface area contributed by atoms with Crippen LogP contribution >= 0.6 is 11.6 Å². The Balaban J connectivity index is 2.73. The van der Waals surface area contributed by atoms with Gasteiger partial charge in [0.1, 0.15) is 5.75 Å². The number of halogens is 1. The van der Waals surface area contributed by atoms with Crippen LogP contribution in [0.2, 0.25) is 5.02 Å². The standard InChI is InChI=1S/C13H19ClN2O4S/c1-4-5-21(18,19)15-8-13(17)16-11-6-9(2)10(14)7-12(11)20-3/h6-7,15H,4-5,8H2,1-3H3,(H,16,17). The fourth-order valence-electron chi connectivity index (χ4n) is 1.64. The molecule has 8 heteroatoms. The minimum absolute atomic E-state index is 0.0103. The van der Waals surface area contributed by atoms with E-state index in [4.69, 9.17) is 16.3 Å². The van der Waals surface area contributed by atoms with E-state index in [9.17, 15) is 13.2 Å². The highest BCUT2D eigenvalue weighted by Crippen LogP contribution is 2.30. The van der Waals surface area contributed by atoms with Crippen LogP contribution in [0.15, 0.2) is 12.1 Å². The van der Waals surface area contributed by atoms with Gasteiger partial charge in [0.05, 0.1) is 25.1 Å². The summed E-state index contributed by atoms with van der Waals surface area (Å²) in [6.45, 7) is 3.22. The van der Waals surface area contributed by atoms with E-state index >= 15 is 0 Å². The Morgan fingerprint density at radius 3 is 2.62 bits per heavy atom. The average Bonchev–Trinajstić information content (AvgIpc) is 2.40. The van der Waals surface area contributed by atoms with Gasteiger partial charge in [-0.15, -0.1) is 0 Å². The Kier molecular flexibility index (Phi) is 6.44. The minimum atomic E-state index is -3.41. The quantitative estimate of drug-likeness (QED) is 0.798. The Bertz CT molecular complexity index is 617. The molecule has 1 amide bonds. The topological polar surface area (TPSA) is 84.5 Å². The summed E-state index contributed by atoms with van der Waals surface area (Å²) in [4.78, 5) is 11.8. The summed E-state index contributed by atoms with van der Waals surface area (Å²) in [5.41, 5.74) is 1.22. The van der Waals surface area contributed by atoms with Gasteiger partial charge in [0.25, 0.3) is 0 Å². The van der Waals surface area contributed by atoms with Crippen LogP contribution in [0.4, 0.5) is 5.69 Å². The summed E-state index contributed by atoms with van der Waals surface area (Å²) >= 11 is 5.97. The first kappa shape index (κ1) is 17.7. The van der Waals surface area contributed by atoms with E-state index in [1.807, 2.05) is 0 Å². The molecule has 0 aromatic heterocycles. The van der Waals surface area contributed by atoms with Crippen LogP contribution in [0.25, 0.3) is 0 Å². The van der Waals surface area contributed by atoms with E-state index in [1.54, 1.807) is 26.0 Å². The zero-order valence-electron chi connectivity index (χ0n) is 12.2. The van der Waals surface area contributed by atoms with Crippen LogP contribution in [0.1, 0.15) is 18.9 Å². The Morgan fingerprint density at radius 1 is 1.38 bits per heavy atom. The number of rotatable bonds is 7. The van der Waals surface area contributed by atoms with Crippen LogP contribution in [0.3, 0.4) is 0 Å². The second-order valence-corrected chi connectivity index (χ2v) is 6.82. The molecule has 0 aliphatic heterocycles. The molecule has 0 saturated carbocycles. The molecule has 0 atom stereocenters. The highest BCUT2D eigenvalue weighted by Gasteiger charge is 2.13. The number of carbonyl (C=O) groups excluding carboxylic acids is 1. The van der Waals surface area contributed by atoms with Crippen LogP contribution in [0, 0.1) is 6.92 Å². The fourth-order valence-corrected chi connectivity index (χ4v) is 2.83. The van der Waals surface area contributed by atoms with Gasteiger partial charge in [0, 0.05) is 11.1 Å². The number of amides is 1. The zero-order valence-corrected chi connectivity index (χ0v) is 13.8. The number of nitrogens with one attached hydrogen (secondary N) is 2. The largest absolute Gasteiger partial charge is 0.495 e. The molecule has 0 aliphatic rings. The number of ether oxygens (including phenoxy) is 1. The van der Waals surface area contributed by atoms with E-state index in [1.165, 1.54) is 7.11 Å². The normalized spacial score (nSPS) is 11.2. The third-order valence-electron chi connectivity index (χ3n) is 2.68. The molecule has 1 aromatic rings. The van der Waals surface area contributed by atoms with Gasteiger partial charge in [-0.25, -0.2) is 13.1 Å². The lowest BCUT2D eigenvalue weighted by Crippen LogP contribution is -2.34. The van der Waals surface area contributed by atoms with E-state index in [-0.39, 0.29) is 12.3 Å². The number of hydrogen-bond donors (Lipinski definition) is 2. The van der Waals surface area contributed by atoms with Crippen LogP contribution in [-0.2, 0) is 14.8 Å². The molecule has 2 N–H and O–H groups in total. The number of sulfonamides is 1. The number of anilines is 1. The molecule has 1 aromatic carbocycles. The molecule has 0 spiro atoms. The zero-order chi connectivity index (χ0) is 16.0. The summed E-state index contributed by atoms with van der Waals surface area (Å²) in [6, 6.07) is 3.26. The van der Waals surface area contributed by atoms with E-state index < -0.39 is 15.9 Å². The van der Waals surface area contributed by atoms with Crippen LogP contribution in [-0.4, -0.2) is 33.7 Å². The molecule has 0 aliphatic carbocycles. The molecule has 1 rings (SSSR count). The summed E-state index contributed by atoms with van der Waals surface area (Å²) in [5.74, 6) is -0.0750. The van der Waals surface area contributed by atoms with Crippen molar-refractivity contribution in [2.75, 3.05) is 24.7 Å². The van der Waals surface area contributed by atoms with Crippen molar-refractivity contribution in [3.05, 3.63) is 22.7 Å². The smallest absolute Gasteiger partial charge is 0.239 e. The lowest BCUT2D eigenvalue weighted by Gasteiger charge is -2.12. The molecule has 0 fully saturated rings. The summed E-state index contributed by atoms with van der Waals surface area (Å²) < 4.78 is 30.3. The lowest BCUT2D eigenvalue weighted by molar-refractivity contribution is -0.115. The number of benzene rings is 1.